The van der Waals surface area contributed by atoms with Crippen molar-refractivity contribution in [1.29, 1.82) is 0 Å². The van der Waals surface area contributed by atoms with E-state index in [1.165, 1.54) is 31.7 Å². The lowest BCUT2D eigenvalue weighted by atomic mass is 10.1. The molecule has 0 amide bonds. The SMILES string of the molecule is CCOP(=O)(OCC)C(F)(F)c1ccc(CSCCO)cc1Br. The monoisotopic (exact) mass is 432 g/mol. The fraction of sp³-hybridized carbons (Fsp3) is 0.571. The van der Waals surface area contributed by atoms with Gasteiger partial charge < -0.3 is 14.2 Å². The van der Waals surface area contributed by atoms with Gasteiger partial charge in [0.25, 0.3) is 0 Å². The Hall–Kier alpha value is 0.0200. The van der Waals surface area contributed by atoms with Gasteiger partial charge in [0.2, 0.25) is 0 Å². The normalized spacial score (nSPS) is 12.6. The second-order valence-electron chi connectivity index (χ2n) is 4.46. The maximum Gasteiger partial charge on any atom is 0.404 e. The molecule has 4 nitrogen and oxygen atoms in total. The van der Waals surface area contributed by atoms with Gasteiger partial charge in [-0.3, -0.25) is 4.57 Å². The van der Waals surface area contributed by atoms with Crippen LogP contribution in [0.4, 0.5) is 8.78 Å². The van der Waals surface area contributed by atoms with Crippen LogP contribution in [0, 0.1) is 0 Å². The quantitative estimate of drug-likeness (QED) is 0.416. The Bertz CT molecular complexity index is 550. The molecule has 0 saturated heterocycles. The number of hydrogen-bond donors (Lipinski definition) is 1. The number of rotatable bonds is 10. The van der Waals surface area contributed by atoms with E-state index in [0.717, 1.165) is 5.56 Å². The zero-order valence-electron chi connectivity index (χ0n) is 12.9. The smallest absolute Gasteiger partial charge is 0.396 e. The van der Waals surface area contributed by atoms with Crippen molar-refractivity contribution in [2.45, 2.75) is 25.3 Å². The Morgan fingerprint density at radius 1 is 1.30 bits per heavy atom. The number of thioether (sulfide) groups is 1. The van der Waals surface area contributed by atoms with Crippen LogP contribution >= 0.6 is 35.3 Å². The average molecular weight is 433 g/mol. The van der Waals surface area contributed by atoms with Gasteiger partial charge in [-0.25, -0.2) is 0 Å². The first-order chi connectivity index (χ1) is 10.8. The summed E-state index contributed by atoms with van der Waals surface area (Å²) in [4.78, 5) is 0. The minimum Gasteiger partial charge on any atom is -0.396 e. The summed E-state index contributed by atoms with van der Waals surface area (Å²) in [6.45, 7) is 2.76. The van der Waals surface area contributed by atoms with Crippen molar-refractivity contribution in [1.82, 2.24) is 0 Å². The van der Waals surface area contributed by atoms with E-state index in [9.17, 15) is 13.3 Å². The second kappa shape index (κ2) is 9.49. The molecule has 0 spiro atoms. The molecule has 132 valence electrons. The summed E-state index contributed by atoms with van der Waals surface area (Å²) in [6.07, 6.45) is 0. The van der Waals surface area contributed by atoms with Gasteiger partial charge in [0.1, 0.15) is 0 Å². The number of aliphatic hydroxyl groups is 1. The van der Waals surface area contributed by atoms with E-state index in [4.69, 9.17) is 14.2 Å². The number of aliphatic hydroxyl groups excluding tert-OH is 1. The van der Waals surface area contributed by atoms with Gasteiger partial charge in [0.05, 0.1) is 19.8 Å². The molecular weight excluding hydrogens is 413 g/mol. The first-order valence-electron chi connectivity index (χ1n) is 7.07. The molecule has 0 saturated carbocycles. The zero-order valence-corrected chi connectivity index (χ0v) is 16.2. The molecule has 0 aliphatic heterocycles. The van der Waals surface area contributed by atoms with Crippen molar-refractivity contribution < 1.29 is 27.5 Å². The summed E-state index contributed by atoms with van der Waals surface area (Å²) in [7, 11) is -4.61. The summed E-state index contributed by atoms with van der Waals surface area (Å²) >= 11 is 4.60. The van der Waals surface area contributed by atoms with Crippen molar-refractivity contribution >= 4 is 35.3 Å². The van der Waals surface area contributed by atoms with E-state index >= 15 is 0 Å². The Kier molecular flexibility index (Phi) is 8.69. The minimum atomic E-state index is -4.61. The van der Waals surface area contributed by atoms with Crippen LogP contribution in [-0.2, 0) is 25.0 Å². The van der Waals surface area contributed by atoms with Crippen molar-refractivity contribution in [3.63, 3.8) is 0 Å². The van der Waals surface area contributed by atoms with Crippen LogP contribution in [0.1, 0.15) is 25.0 Å². The Morgan fingerprint density at radius 2 is 1.91 bits per heavy atom. The molecule has 23 heavy (non-hydrogen) atoms. The van der Waals surface area contributed by atoms with Crippen LogP contribution in [0.25, 0.3) is 0 Å². The summed E-state index contributed by atoms with van der Waals surface area (Å²) in [5, 5.41) is 8.75. The van der Waals surface area contributed by atoms with Gasteiger partial charge in [-0.15, -0.1) is 0 Å². The van der Waals surface area contributed by atoms with Gasteiger partial charge in [-0.2, -0.15) is 20.5 Å². The highest BCUT2D eigenvalue weighted by Gasteiger charge is 2.55. The molecule has 1 aromatic rings. The topological polar surface area (TPSA) is 55.8 Å². The lowest BCUT2D eigenvalue weighted by molar-refractivity contribution is 0.0354. The van der Waals surface area contributed by atoms with E-state index in [1.807, 2.05) is 0 Å². The van der Waals surface area contributed by atoms with Gasteiger partial charge in [-0.05, 0) is 25.5 Å². The Balaban J connectivity index is 3.09. The largest absolute Gasteiger partial charge is 0.404 e. The molecule has 0 unspecified atom stereocenters. The molecule has 0 aliphatic carbocycles. The molecule has 0 fully saturated rings. The highest BCUT2D eigenvalue weighted by Crippen LogP contribution is 2.67. The maximum absolute atomic E-state index is 14.7. The molecule has 0 heterocycles. The highest BCUT2D eigenvalue weighted by atomic mass is 79.9. The molecule has 9 heteroatoms. The Morgan fingerprint density at radius 3 is 2.39 bits per heavy atom. The molecule has 0 bridgehead atoms. The Labute approximate surface area is 147 Å². The van der Waals surface area contributed by atoms with Gasteiger partial charge in [0, 0.05) is 21.5 Å². The van der Waals surface area contributed by atoms with Crippen LogP contribution < -0.4 is 0 Å². The molecule has 1 rings (SSSR count). The van der Waals surface area contributed by atoms with Crippen molar-refractivity contribution in [3.8, 4) is 0 Å². The summed E-state index contributed by atoms with van der Waals surface area (Å²) in [5.74, 6) is 1.15. The highest BCUT2D eigenvalue weighted by molar-refractivity contribution is 9.10. The summed E-state index contributed by atoms with van der Waals surface area (Å²) in [6, 6.07) is 4.32. The maximum atomic E-state index is 14.7. The van der Waals surface area contributed by atoms with E-state index in [2.05, 4.69) is 15.9 Å². The number of halogens is 3. The molecule has 0 radical (unpaired) electrons. The third kappa shape index (κ3) is 5.25. The van der Waals surface area contributed by atoms with E-state index < -0.39 is 18.8 Å². The molecule has 0 atom stereocenters. The van der Waals surface area contributed by atoms with Crippen LogP contribution in [-0.4, -0.2) is 30.7 Å². The minimum absolute atomic E-state index is 0.0634. The molecular formula is C14H20BrF2O4PS. The second-order valence-corrected chi connectivity index (χ2v) is 8.50. The number of benzene rings is 1. The summed E-state index contributed by atoms with van der Waals surface area (Å²) < 4.78 is 51.5. The van der Waals surface area contributed by atoms with Crippen LogP contribution in [0.15, 0.2) is 22.7 Å². The fourth-order valence-electron chi connectivity index (χ4n) is 1.83. The number of hydrogen-bond acceptors (Lipinski definition) is 5. The van der Waals surface area contributed by atoms with E-state index in [1.54, 1.807) is 12.1 Å². The van der Waals surface area contributed by atoms with Crippen molar-refractivity contribution in [3.05, 3.63) is 33.8 Å². The van der Waals surface area contributed by atoms with Crippen LogP contribution in [0.2, 0.25) is 0 Å². The third-order valence-electron chi connectivity index (χ3n) is 2.80. The molecule has 0 aliphatic rings. The molecule has 1 N–H and O–H groups in total. The van der Waals surface area contributed by atoms with E-state index in [0.29, 0.717) is 11.5 Å². The number of alkyl halides is 2. The third-order valence-corrected chi connectivity index (χ3v) is 6.59. The summed E-state index contributed by atoms with van der Waals surface area (Å²) in [5.41, 5.74) is -3.37. The van der Waals surface area contributed by atoms with Crippen molar-refractivity contribution in [2.24, 2.45) is 0 Å². The predicted molar refractivity (Wildman–Crippen MR) is 92.1 cm³/mol. The molecule has 1 aromatic carbocycles. The van der Waals surface area contributed by atoms with E-state index in [-0.39, 0.29) is 24.3 Å². The molecule has 0 aromatic heterocycles. The van der Waals surface area contributed by atoms with Gasteiger partial charge in [0.15, 0.2) is 0 Å². The zero-order chi connectivity index (χ0) is 17.5. The van der Waals surface area contributed by atoms with Gasteiger partial charge >= 0.3 is 13.3 Å². The lowest BCUT2D eigenvalue weighted by Gasteiger charge is -2.26. The van der Waals surface area contributed by atoms with Gasteiger partial charge in [-0.1, -0.05) is 28.1 Å². The fourth-order valence-corrected chi connectivity index (χ4v) is 4.92. The predicted octanol–water partition coefficient (Wildman–Crippen LogP) is 4.99. The van der Waals surface area contributed by atoms with Crippen LogP contribution in [0.5, 0.6) is 0 Å². The first kappa shape index (κ1) is 21.1. The first-order valence-corrected chi connectivity index (χ1v) is 10.6. The van der Waals surface area contributed by atoms with Crippen LogP contribution in [0.3, 0.4) is 0 Å². The standard InChI is InChI=1S/C14H20BrF2O4PS/c1-3-20-22(19,21-4-2)14(16,17)12-6-5-11(9-13(12)15)10-23-8-7-18/h5-6,9,18H,3-4,7-8,10H2,1-2H3. The average Bonchev–Trinajstić information content (AvgIpc) is 2.47. The van der Waals surface area contributed by atoms with Crippen molar-refractivity contribution in [2.75, 3.05) is 25.6 Å². The lowest BCUT2D eigenvalue weighted by Crippen LogP contribution is -2.19.